The van der Waals surface area contributed by atoms with Crippen molar-refractivity contribution in [3.8, 4) is 0 Å². The fraction of sp³-hybridized carbons (Fsp3) is 0.280. The lowest BCUT2D eigenvalue weighted by Gasteiger charge is -2.44. The van der Waals surface area contributed by atoms with Crippen LogP contribution in [-0.4, -0.2) is 35.4 Å². The number of hydrogen-bond acceptors (Lipinski definition) is 4. The van der Waals surface area contributed by atoms with Crippen LogP contribution in [0.3, 0.4) is 0 Å². The fourth-order valence-corrected chi connectivity index (χ4v) is 5.69. The van der Waals surface area contributed by atoms with Crippen LogP contribution in [0.2, 0.25) is 0 Å². The van der Waals surface area contributed by atoms with Crippen molar-refractivity contribution in [1.29, 1.82) is 0 Å². The second kappa shape index (κ2) is 8.47. The molecule has 1 atom stereocenters. The van der Waals surface area contributed by atoms with E-state index in [2.05, 4.69) is 35.3 Å². The van der Waals surface area contributed by atoms with E-state index in [1.165, 1.54) is 22.1 Å². The second-order valence-corrected chi connectivity index (χ2v) is 9.14. The average Bonchev–Trinajstić information content (AvgIpc) is 2.98. The first kappa shape index (κ1) is 20.8. The number of benzene rings is 2. The zero-order chi connectivity index (χ0) is 22.2. The Balaban J connectivity index is 1.74. The molecule has 2 aromatic carbocycles. The van der Waals surface area contributed by atoms with Crippen LogP contribution >= 0.6 is 11.8 Å². The van der Waals surface area contributed by atoms with Gasteiger partial charge < -0.3 is 4.90 Å². The Labute approximate surface area is 190 Å². The molecule has 0 N–H and O–H groups in total. The summed E-state index contributed by atoms with van der Waals surface area (Å²) in [5.74, 6) is 0.632. The molecule has 5 nitrogen and oxygen atoms in total. The molecule has 0 saturated heterocycles. The lowest BCUT2D eigenvalue weighted by Crippen LogP contribution is -2.56. The van der Waals surface area contributed by atoms with Gasteiger partial charge in [0.2, 0.25) is 0 Å². The number of thioether (sulfide) groups is 1. The number of carbonyl (C=O) groups is 1. The van der Waals surface area contributed by atoms with Crippen LogP contribution in [0.4, 0.5) is 4.39 Å². The monoisotopic (exact) mass is 449 g/mol. The Kier molecular flexibility index (Phi) is 5.51. The second-order valence-electron chi connectivity index (χ2n) is 8.12. The Bertz CT molecular complexity index is 1190. The number of nitrogens with zero attached hydrogens (tertiary/aromatic N) is 3. The number of halogens is 1. The van der Waals surface area contributed by atoms with E-state index >= 15 is 0 Å². The SMILES string of the molecule is Cc1c2n(ccc1=O)N(C1c3ccccc3CSc3ccccc31)CN(CCCF)C2=O. The van der Waals surface area contributed by atoms with Gasteiger partial charge in [0.15, 0.2) is 5.43 Å². The molecule has 0 saturated carbocycles. The Hall–Kier alpha value is -3.06. The summed E-state index contributed by atoms with van der Waals surface area (Å²) in [6.45, 7) is 1.81. The number of aromatic nitrogens is 1. The summed E-state index contributed by atoms with van der Waals surface area (Å²) in [5.41, 5.74) is 4.17. The van der Waals surface area contributed by atoms with E-state index in [9.17, 15) is 14.0 Å². The van der Waals surface area contributed by atoms with E-state index in [0.29, 0.717) is 24.5 Å². The van der Waals surface area contributed by atoms with Crippen molar-refractivity contribution in [2.75, 3.05) is 24.9 Å². The third kappa shape index (κ3) is 3.41. The first-order valence-electron chi connectivity index (χ1n) is 10.7. The van der Waals surface area contributed by atoms with Crippen LogP contribution in [-0.2, 0) is 5.75 Å². The highest BCUT2D eigenvalue weighted by atomic mass is 32.2. The molecular weight excluding hydrogens is 425 g/mol. The quantitative estimate of drug-likeness (QED) is 0.597. The van der Waals surface area contributed by atoms with Crippen LogP contribution < -0.4 is 10.4 Å². The molecule has 3 heterocycles. The molecule has 0 spiro atoms. The van der Waals surface area contributed by atoms with E-state index < -0.39 is 6.67 Å². The number of hydrogen-bond donors (Lipinski definition) is 0. The summed E-state index contributed by atoms with van der Waals surface area (Å²) in [6, 6.07) is 18.1. The summed E-state index contributed by atoms with van der Waals surface area (Å²) in [7, 11) is 0. The summed E-state index contributed by atoms with van der Waals surface area (Å²) in [6.07, 6.45) is 1.96. The number of fused-ring (bicyclic) bond motifs is 3. The van der Waals surface area contributed by atoms with Crippen LogP contribution in [0.25, 0.3) is 0 Å². The Morgan fingerprint density at radius 3 is 2.59 bits per heavy atom. The molecule has 5 rings (SSSR count). The fourth-order valence-electron chi connectivity index (χ4n) is 4.60. The van der Waals surface area contributed by atoms with Gasteiger partial charge >= 0.3 is 0 Å². The van der Waals surface area contributed by atoms with Crippen LogP contribution in [0, 0.1) is 6.92 Å². The van der Waals surface area contributed by atoms with E-state index in [0.717, 1.165) is 11.3 Å². The summed E-state index contributed by atoms with van der Waals surface area (Å²) >= 11 is 1.81. The smallest absolute Gasteiger partial charge is 0.274 e. The highest BCUT2D eigenvalue weighted by Crippen LogP contribution is 2.42. The number of alkyl halides is 1. The van der Waals surface area contributed by atoms with Crippen molar-refractivity contribution in [1.82, 2.24) is 9.58 Å². The average molecular weight is 450 g/mol. The largest absolute Gasteiger partial charge is 0.318 e. The van der Waals surface area contributed by atoms with E-state index in [4.69, 9.17) is 0 Å². The third-order valence-corrected chi connectivity index (χ3v) is 7.35. The molecular formula is C25H24FN3O2S. The standard InChI is InChI=1S/C25H24FN3O2S/c1-17-21(30)11-14-28-23(17)25(31)27(13-6-12-26)16-29(28)24-19-8-3-2-7-18(19)15-32-22-10-5-4-9-20(22)24/h2-5,7-11,14,24H,6,12-13,15-16H2,1H3. The molecule has 0 fully saturated rings. The van der Waals surface area contributed by atoms with Crippen molar-refractivity contribution >= 4 is 17.7 Å². The number of rotatable bonds is 4. The minimum Gasteiger partial charge on any atom is -0.318 e. The normalized spacial score (nSPS) is 17.4. The molecule has 3 aromatic rings. The van der Waals surface area contributed by atoms with E-state index in [1.807, 2.05) is 22.9 Å². The van der Waals surface area contributed by atoms with Crippen LogP contribution in [0.5, 0.6) is 0 Å². The summed E-state index contributed by atoms with van der Waals surface area (Å²) in [4.78, 5) is 28.6. The highest BCUT2D eigenvalue weighted by Gasteiger charge is 2.37. The lowest BCUT2D eigenvalue weighted by atomic mass is 9.94. The number of amides is 1. The predicted molar refractivity (Wildman–Crippen MR) is 124 cm³/mol. The highest BCUT2D eigenvalue weighted by molar-refractivity contribution is 7.98. The molecule has 0 bridgehead atoms. The van der Waals surface area contributed by atoms with Gasteiger partial charge in [0, 0.05) is 35.0 Å². The topological polar surface area (TPSA) is 45.6 Å². The maximum atomic E-state index is 13.3. The molecule has 1 aromatic heterocycles. The zero-order valence-electron chi connectivity index (χ0n) is 17.8. The Morgan fingerprint density at radius 2 is 1.78 bits per heavy atom. The molecule has 0 radical (unpaired) electrons. The first-order valence-corrected chi connectivity index (χ1v) is 11.7. The van der Waals surface area contributed by atoms with Gasteiger partial charge in [0.25, 0.3) is 5.91 Å². The zero-order valence-corrected chi connectivity index (χ0v) is 18.6. The number of carbonyl (C=O) groups excluding carboxylic acids is 1. The summed E-state index contributed by atoms with van der Waals surface area (Å²) in [5, 5.41) is 2.13. The van der Waals surface area contributed by atoms with Gasteiger partial charge in [-0.05, 0) is 36.1 Å². The maximum absolute atomic E-state index is 13.3. The molecule has 2 aliphatic rings. The van der Waals surface area contributed by atoms with Gasteiger partial charge in [-0.2, -0.15) is 0 Å². The third-order valence-electron chi connectivity index (χ3n) is 6.21. The summed E-state index contributed by atoms with van der Waals surface area (Å²) < 4.78 is 14.8. The van der Waals surface area contributed by atoms with Crippen LogP contribution in [0.15, 0.2) is 70.5 Å². The van der Waals surface area contributed by atoms with Crippen molar-refractivity contribution in [3.63, 3.8) is 0 Å². The molecule has 32 heavy (non-hydrogen) atoms. The van der Waals surface area contributed by atoms with E-state index in [-0.39, 0.29) is 23.8 Å². The van der Waals surface area contributed by atoms with Gasteiger partial charge in [0.1, 0.15) is 12.4 Å². The minimum absolute atomic E-state index is 0.154. The van der Waals surface area contributed by atoms with Crippen molar-refractivity contribution in [3.05, 3.63) is 99.0 Å². The molecule has 1 unspecified atom stereocenters. The van der Waals surface area contributed by atoms with Gasteiger partial charge in [-0.1, -0.05) is 42.5 Å². The van der Waals surface area contributed by atoms with Crippen LogP contribution in [0.1, 0.15) is 45.2 Å². The molecule has 0 aliphatic carbocycles. The van der Waals surface area contributed by atoms with Gasteiger partial charge in [-0.3, -0.25) is 23.7 Å². The maximum Gasteiger partial charge on any atom is 0.274 e. The molecule has 2 aliphatic heterocycles. The predicted octanol–water partition coefficient (Wildman–Crippen LogP) is 4.26. The van der Waals surface area contributed by atoms with Crippen molar-refractivity contribution in [2.45, 2.75) is 30.0 Å². The van der Waals surface area contributed by atoms with Gasteiger partial charge in [-0.25, -0.2) is 0 Å². The first-order chi connectivity index (χ1) is 15.6. The van der Waals surface area contributed by atoms with Gasteiger partial charge in [0.05, 0.1) is 12.7 Å². The van der Waals surface area contributed by atoms with Gasteiger partial charge in [-0.15, -0.1) is 11.8 Å². The molecule has 1 amide bonds. The number of pyridine rings is 1. The van der Waals surface area contributed by atoms with E-state index in [1.54, 1.807) is 29.8 Å². The lowest BCUT2D eigenvalue weighted by molar-refractivity contribution is 0.0678. The Morgan fingerprint density at radius 1 is 1.03 bits per heavy atom. The molecule has 164 valence electrons. The van der Waals surface area contributed by atoms with Crippen molar-refractivity contribution in [2.24, 2.45) is 0 Å². The van der Waals surface area contributed by atoms with Crippen molar-refractivity contribution < 1.29 is 9.18 Å². The molecule has 7 heteroatoms. The minimum atomic E-state index is -0.490.